The van der Waals surface area contributed by atoms with Crippen LogP contribution in [0, 0.1) is 5.82 Å². The summed E-state index contributed by atoms with van der Waals surface area (Å²) in [4.78, 5) is 44.0. The number of rotatable bonds is 9. The standard InChI is InChI=1S/C31H32FN3O4/c32-26-11-13-27(14-12-26)35-22-34(21-23-6-4-9-25(20-23)29(37)38)30(39)31(35)15-18-33(19-16-31)17-5-10-28(36)24-7-2-1-3-8-24/h1-4,6-9,11-14,20H,5,10,15-19,21-22H2,(H,37,38). The number of amides is 1. The molecule has 0 saturated carbocycles. The van der Waals surface area contributed by atoms with Crippen molar-refractivity contribution in [3.05, 3.63) is 101 Å². The van der Waals surface area contributed by atoms with Crippen molar-refractivity contribution < 1.29 is 23.9 Å². The highest BCUT2D eigenvalue weighted by Gasteiger charge is 2.53. The zero-order valence-corrected chi connectivity index (χ0v) is 21.8. The summed E-state index contributed by atoms with van der Waals surface area (Å²) in [6, 6.07) is 22.2. The molecule has 8 heteroatoms. The molecular formula is C31H32FN3O4. The molecule has 1 spiro atoms. The van der Waals surface area contributed by atoms with E-state index in [9.17, 15) is 23.9 Å². The predicted molar refractivity (Wildman–Crippen MR) is 146 cm³/mol. The number of benzene rings is 3. The molecule has 0 radical (unpaired) electrons. The fraction of sp³-hybridized carbons (Fsp3) is 0.323. The molecule has 39 heavy (non-hydrogen) atoms. The average Bonchev–Trinajstić information content (AvgIpc) is 3.21. The smallest absolute Gasteiger partial charge is 0.335 e. The molecule has 0 atom stereocenters. The summed E-state index contributed by atoms with van der Waals surface area (Å²) < 4.78 is 13.7. The van der Waals surface area contributed by atoms with Gasteiger partial charge >= 0.3 is 5.97 Å². The number of nitrogens with zero attached hydrogens (tertiary/aromatic N) is 3. The minimum atomic E-state index is -1.01. The topological polar surface area (TPSA) is 81.2 Å². The molecule has 2 heterocycles. The average molecular weight is 530 g/mol. The number of carboxylic acid groups (broad SMARTS) is 1. The largest absolute Gasteiger partial charge is 0.478 e. The van der Waals surface area contributed by atoms with Gasteiger partial charge in [0.1, 0.15) is 11.4 Å². The van der Waals surface area contributed by atoms with Gasteiger partial charge in [-0.2, -0.15) is 0 Å². The summed E-state index contributed by atoms with van der Waals surface area (Å²) in [6.07, 6.45) is 2.46. The summed E-state index contributed by atoms with van der Waals surface area (Å²) in [5.74, 6) is -1.20. The van der Waals surface area contributed by atoms with Gasteiger partial charge in [-0.25, -0.2) is 9.18 Å². The van der Waals surface area contributed by atoms with Crippen molar-refractivity contribution >= 4 is 23.3 Å². The Kier molecular flexibility index (Phi) is 7.74. The van der Waals surface area contributed by atoms with Crippen molar-refractivity contribution in [1.29, 1.82) is 0 Å². The number of anilines is 1. The van der Waals surface area contributed by atoms with Gasteiger partial charge in [0.15, 0.2) is 5.78 Å². The van der Waals surface area contributed by atoms with Crippen LogP contribution in [-0.2, 0) is 11.3 Å². The maximum absolute atomic E-state index is 14.0. The molecule has 202 valence electrons. The molecule has 7 nitrogen and oxygen atoms in total. The third-order valence-corrected chi connectivity index (χ3v) is 7.86. The van der Waals surface area contributed by atoms with E-state index in [0.29, 0.717) is 45.6 Å². The number of hydrogen-bond acceptors (Lipinski definition) is 5. The van der Waals surface area contributed by atoms with Crippen molar-refractivity contribution in [2.24, 2.45) is 0 Å². The normalized spacial score (nSPS) is 17.1. The van der Waals surface area contributed by atoms with E-state index >= 15 is 0 Å². The number of piperidine rings is 1. The molecule has 0 unspecified atom stereocenters. The quantitative estimate of drug-likeness (QED) is 0.400. The molecule has 0 aromatic heterocycles. The van der Waals surface area contributed by atoms with Gasteiger partial charge in [-0.3, -0.25) is 9.59 Å². The first-order chi connectivity index (χ1) is 18.9. The number of carboxylic acids is 1. The first-order valence-corrected chi connectivity index (χ1v) is 13.3. The highest BCUT2D eigenvalue weighted by Crippen LogP contribution is 2.40. The van der Waals surface area contributed by atoms with E-state index in [0.717, 1.165) is 29.8 Å². The van der Waals surface area contributed by atoms with E-state index in [2.05, 4.69) is 9.80 Å². The Morgan fingerprint density at radius 1 is 0.897 bits per heavy atom. The summed E-state index contributed by atoms with van der Waals surface area (Å²) in [7, 11) is 0. The van der Waals surface area contributed by atoms with Gasteiger partial charge < -0.3 is 19.8 Å². The van der Waals surface area contributed by atoms with Crippen LogP contribution in [0.5, 0.6) is 0 Å². The second-order valence-electron chi connectivity index (χ2n) is 10.3. The van der Waals surface area contributed by atoms with Crippen molar-refractivity contribution in [2.45, 2.75) is 37.8 Å². The van der Waals surface area contributed by atoms with Crippen molar-refractivity contribution in [2.75, 3.05) is 31.2 Å². The van der Waals surface area contributed by atoms with Gasteiger partial charge in [-0.05, 0) is 67.8 Å². The summed E-state index contributed by atoms with van der Waals surface area (Å²) >= 11 is 0. The molecule has 3 aromatic rings. The van der Waals surface area contributed by atoms with Crippen LogP contribution in [0.4, 0.5) is 10.1 Å². The van der Waals surface area contributed by atoms with Gasteiger partial charge in [0, 0.05) is 37.3 Å². The van der Waals surface area contributed by atoms with E-state index in [4.69, 9.17) is 0 Å². The van der Waals surface area contributed by atoms with Gasteiger partial charge in [0.25, 0.3) is 0 Å². The summed E-state index contributed by atoms with van der Waals surface area (Å²) in [5, 5.41) is 9.37. The van der Waals surface area contributed by atoms with Gasteiger partial charge in [-0.1, -0.05) is 42.5 Å². The van der Waals surface area contributed by atoms with Gasteiger partial charge in [-0.15, -0.1) is 0 Å². The molecular weight excluding hydrogens is 497 g/mol. The molecule has 1 amide bonds. The Balaban J connectivity index is 1.28. The van der Waals surface area contributed by atoms with Crippen LogP contribution < -0.4 is 4.90 Å². The Morgan fingerprint density at radius 2 is 1.59 bits per heavy atom. The Labute approximate surface area is 227 Å². The Morgan fingerprint density at radius 3 is 2.28 bits per heavy atom. The van der Waals surface area contributed by atoms with Gasteiger partial charge in [0.2, 0.25) is 5.91 Å². The lowest BCUT2D eigenvalue weighted by Gasteiger charge is -2.43. The lowest BCUT2D eigenvalue weighted by atomic mass is 9.85. The number of carbonyl (C=O) groups excluding carboxylic acids is 2. The second kappa shape index (κ2) is 11.4. The van der Waals surface area contributed by atoms with Crippen LogP contribution >= 0.6 is 0 Å². The van der Waals surface area contributed by atoms with Crippen LogP contribution in [-0.4, -0.2) is 64.4 Å². The molecule has 2 fully saturated rings. The monoisotopic (exact) mass is 529 g/mol. The molecule has 2 aliphatic heterocycles. The van der Waals surface area contributed by atoms with Crippen LogP contribution in [0.3, 0.4) is 0 Å². The van der Waals surface area contributed by atoms with E-state index in [-0.39, 0.29) is 23.1 Å². The number of ketones is 1. The van der Waals surface area contributed by atoms with Crippen molar-refractivity contribution in [1.82, 2.24) is 9.80 Å². The Bertz CT molecular complexity index is 1340. The van der Waals surface area contributed by atoms with Crippen LogP contribution in [0.15, 0.2) is 78.9 Å². The molecule has 0 aliphatic carbocycles. The zero-order valence-electron chi connectivity index (χ0n) is 21.8. The molecule has 2 aliphatic rings. The maximum atomic E-state index is 14.0. The first-order valence-electron chi connectivity index (χ1n) is 13.3. The van der Waals surface area contributed by atoms with Crippen LogP contribution in [0.2, 0.25) is 0 Å². The van der Waals surface area contributed by atoms with Crippen LogP contribution in [0.25, 0.3) is 0 Å². The minimum Gasteiger partial charge on any atom is -0.478 e. The minimum absolute atomic E-state index is 0.00598. The van der Waals surface area contributed by atoms with E-state index in [1.807, 2.05) is 36.4 Å². The Hall–Kier alpha value is -4.04. The lowest BCUT2D eigenvalue weighted by molar-refractivity contribution is -0.134. The fourth-order valence-corrected chi connectivity index (χ4v) is 5.74. The number of halogens is 1. The van der Waals surface area contributed by atoms with Crippen molar-refractivity contribution in [3.8, 4) is 0 Å². The zero-order chi connectivity index (χ0) is 27.4. The number of carbonyl (C=O) groups is 3. The molecule has 0 bridgehead atoms. The van der Waals surface area contributed by atoms with Gasteiger partial charge in [0.05, 0.1) is 12.2 Å². The lowest BCUT2D eigenvalue weighted by Crippen LogP contribution is -2.56. The SMILES string of the molecule is O=C(O)c1cccc(CN2CN(c3ccc(F)cc3)C3(CCN(CCCC(=O)c4ccccc4)CC3)C2=O)c1. The predicted octanol–water partition coefficient (Wildman–Crippen LogP) is 4.83. The third-order valence-electron chi connectivity index (χ3n) is 7.86. The number of Topliss-reactive ketones (excluding diaryl/α,β-unsaturated/α-hetero) is 1. The molecule has 5 rings (SSSR count). The molecule has 3 aromatic carbocycles. The van der Waals surface area contributed by atoms with Crippen molar-refractivity contribution in [3.63, 3.8) is 0 Å². The maximum Gasteiger partial charge on any atom is 0.335 e. The highest BCUT2D eigenvalue weighted by molar-refractivity contribution is 5.96. The first kappa shape index (κ1) is 26.6. The molecule has 2 saturated heterocycles. The molecule has 1 N–H and O–H groups in total. The second-order valence-corrected chi connectivity index (χ2v) is 10.3. The number of likely N-dealkylation sites (tertiary alicyclic amines) is 1. The summed E-state index contributed by atoms with van der Waals surface area (Å²) in [6.45, 7) is 2.85. The highest BCUT2D eigenvalue weighted by atomic mass is 19.1. The van der Waals surface area contributed by atoms with E-state index in [1.165, 1.54) is 18.2 Å². The number of hydrogen-bond donors (Lipinski definition) is 1. The number of aromatic carboxylic acids is 1. The third kappa shape index (κ3) is 5.71. The fourth-order valence-electron chi connectivity index (χ4n) is 5.74. The summed E-state index contributed by atoms with van der Waals surface area (Å²) in [5.41, 5.74) is 1.70. The van der Waals surface area contributed by atoms with E-state index in [1.54, 1.807) is 29.2 Å². The van der Waals surface area contributed by atoms with Crippen LogP contribution in [0.1, 0.15) is 52.0 Å². The van der Waals surface area contributed by atoms with E-state index < -0.39 is 11.5 Å².